The van der Waals surface area contributed by atoms with Gasteiger partial charge in [0.25, 0.3) is 0 Å². The molecule has 0 amide bonds. The zero-order valence-corrected chi connectivity index (χ0v) is 10.5. The van der Waals surface area contributed by atoms with Crippen LogP contribution in [0, 0.1) is 0 Å². The predicted molar refractivity (Wildman–Crippen MR) is 65.7 cm³/mol. The summed E-state index contributed by atoms with van der Waals surface area (Å²) >= 11 is 3.55. The van der Waals surface area contributed by atoms with Crippen LogP contribution in [0.15, 0.2) is 22.8 Å². The number of fused-ring (bicyclic) bond motifs is 1. The van der Waals surface area contributed by atoms with Crippen molar-refractivity contribution in [1.29, 1.82) is 0 Å². The van der Waals surface area contributed by atoms with Gasteiger partial charge in [-0.05, 0) is 47.5 Å². The summed E-state index contributed by atoms with van der Waals surface area (Å²) in [7, 11) is 0. The summed E-state index contributed by atoms with van der Waals surface area (Å²) in [6.45, 7) is 4.92. The topological polar surface area (TPSA) is 43.8 Å². The minimum atomic E-state index is 0.0614. The molecule has 0 aliphatic carbocycles. The van der Waals surface area contributed by atoms with Gasteiger partial charge in [0, 0.05) is 18.0 Å². The fraction of sp³-hybridized carbons (Fsp3) is 0.364. The molecule has 1 atom stereocenters. The Bertz CT molecular complexity index is 488. The highest BCUT2D eigenvalue weighted by molar-refractivity contribution is 9.10. The number of hydrogen-bond donors (Lipinski definition) is 1. The van der Waals surface area contributed by atoms with Gasteiger partial charge in [0.2, 0.25) is 0 Å². The van der Waals surface area contributed by atoms with Crippen LogP contribution in [0.4, 0.5) is 0 Å². The lowest BCUT2D eigenvalue weighted by Crippen LogP contribution is -2.04. The molecule has 1 heterocycles. The second-order valence-electron chi connectivity index (χ2n) is 3.67. The first-order valence-corrected chi connectivity index (χ1v) is 5.84. The molecule has 1 aromatic carbocycles. The van der Waals surface area contributed by atoms with E-state index in [-0.39, 0.29) is 6.04 Å². The molecule has 3 nitrogen and oxygen atoms in total. The van der Waals surface area contributed by atoms with Gasteiger partial charge in [-0.3, -0.25) is 4.68 Å². The lowest BCUT2D eigenvalue weighted by molar-refractivity contribution is 0.653. The van der Waals surface area contributed by atoms with Gasteiger partial charge in [-0.25, -0.2) is 0 Å². The maximum Gasteiger partial charge on any atom is 0.111 e. The molecule has 1 aromatic heterocycles. The fourth-order valence-electron chi connectivity index (χ4n) is 1.61. The predicted octanol–water partition coefficient (Wildman–Crippen LogP) is 2.84. The lowest BCUT2D eigenvalue weighted by Gasteiger charge is -2.04. The highest BCUT2D eigenvalue weighted by Crippen LogP contribution is 2.26. The van der Waals surface area contributed by atoms with E-state index in [1.165, 1.54) is 0 Å². The second kappa shape index (κ2) is 3.94. The Hall–Kier alpha value is -0.870. The van der Waals surface area contributed by atoms with Gasteiger partial charge in [-0.2, -0.15) is 5.10 Å². The van der Waals surface area contributed by atoms with Gasteiger partial charge in [-0.15, -0.1) is 0 Å². The minimum Gasteiger partial charge on any atom is -0.324 e. The standard InChI is InChI=1S/C11H14BrN3/c1-3-15-11(12)9-6-8(7(2)13)4-5-10(9)14-15/h4-7H,3,13H2,1-2H3. The van der Waals surface area contributed by atoms with E-state index in [4.69, 9.17) is 5.73 Å². The second-order valence-corrected chi connectivity index (χ2v) is 4.42. The molecule has 4 heteroatoms. The number of nitrogens with two attached hydrogens (primary N) is 1. The normalized spacial score (nSPS) is 13.3. The van der Waals surface area contributed by atoms with E-state index in [0.717, 1.165) is 27.6 Å². The van der Waals surface area contributed by atoms with Gasteiger partial charge < -0.3 is 5.73 Å². The van der Waals surface area contributed by atoms with Crippen molar-refractivity contribution in [2.45, 2.75) is 26.4 Å². The van der Waals surface area contributed by atoms with E-state index in [9.17, 15) is 0 Å². The molecule has 0 saturated heterocycles. The molecule has 2 aromatic rings. The Morgan fingerprint density at radius 3 is 2.87 bits per heavy atom. The number of aryl methyl sites for hydroxylation is 1. The first kappa shape index (κ1) is 10.6. The molecule has 0 fully saturated rings. The van der Waals surface area contributed by atoms with E-state index >= 15 is 0 Å². The minimum absolute atomic E-state index is 0.0614. The van der Waals surface area contributed by atoms with Crippen LogP contribution in [0.5, 0.6) is 0 Å². The Balaban J connectivity index is 2.65. The third kappa shape index (κ3) is 1.79. The van der Waals surface area contributed by atoms with Crippen LogP contribution in [0.1, 0.15) is 25.5 Å². The van der Waals surface area contributed by atoms with E-state index in [0.29, 0.717) is 0 Å². The van der Waals surface area contributed by atoms with Crippen molar-refractivity contribution in [1.82, 2.24) is 9.78 Å². The van der Waals surface area contributed by atoms with Gasteiger partial charge in [0.1, 0.15) is 4.60 Å². The summed E-state index contributed by atoms with van der Waals surface area (Å²) in [5, 5.41) is 5.59. The monoisotopic (exact) mass is 267 g/mol. The first-order chi connectivity index (χ1) is 7.13. The summed E-state index contributed by atoms with van der Waals surface area (Å²) in [6.07, 6.45) is 0. The van der Waals surface area contributed by atoms with Crippen molar-refractivity contribution in [3.63, 3.8) is 0 Å². The van der Waals surface area contributed by atoms with Crippen LogP contribution in [-0.4, -0.2) is 9.78 Å². The van der Waals surface area contributed by atoms with Crippen molar-refractivity contribution in [2.75, 3.05) is 0 Å². The average molecular weight is 268 g/mol. The molecule has 2 N–H and O–H groups in total. The Kier molecular flexibility index (Phi) is 2.80. The average Bonchev–Trinajstić information content (AvgIpc) is 2.55. The van der Waals surface area contributed by atoms with E-state index in [1.54, 1.807) is 0 Å². The molecule has 0 radical (unpaired) electrons. The molecule has 0 bridgehead atoms. The van der Waals surface area contributed by atoms with Crippen molar-refractivity contribution in [3.05, 3.63) is 28.4 Å². The molecule has 0 aliphatic heterocycles. The van der Waals surface area contributed by atoms with Crippen molar-refractivity contribution >= 4 is 26.8 Å². The lowest BCUT2D eigenvalue weighted by atomic mass is 10.1. The highest BCUT2D eigenvalue weighted by Gasteiger charge is 2.09. The van der Waals surface area contributed by atoms with Crippen LogP contribution < -0.4 is 5.73 Å². The maximum atomic E-state index is 5.85. The zero-order chi connectivity index (χ0) is 11.0. The smallest absolute Gasteiger partial charge is 0.111 e. The Labute approximate surface area is 97.4 Å². The van der Waals surface area contributed by atoms with Gasteiger partial charge in [-0.1, -0.05) is 6.07 Å². The Morgan fingerprint density at radius 1 is 1.53 bits per heavy atom. The third-order valence-electron chi connectivity index (χ3n) is 2.52. The summed E-state index contributed by atoms with van der Waals surface area (Å²) in [5.41, 5.74) is 8.00. The van der Waals surface area contributed by atoms with Crippen LogP contribution in [-0.2, 0) is 6.54 Å². The molecule has 80 valence electrons. The van der Waals surface area contributed by atoms with Crippen LogP contribution in [0.25, 0.3) is 10.9 Å². The van der Waals surface area contributed by atoms with Crippen molar-refractivity contribution in [2.24, 2.45) is 5.73 Å². The zero-order valence-electron chi connectivity index (χ0n) is 8.87. The van der Waals surface area contributed by atoms with E-state index in [1.807, 2.05) is 23.7 Å². The van der Waals surface area contributed by atoms with Crippen molar-refractivity contribution < 1.29 is 0 Å². The number of halogens is 1. The molecule has 15 heavy (non-hydrogen) atoms. The molecular formula is C11H14BrN3. The molecule has 1 unspecified atom stereocenters. The van der Waals surface area contributed by atoms with Crippen molar-refractivity contribution in [3.8, 4) is 0 Å². The molecule has 0 aliphatic rings. The van der Waals surface area contributed by atoms with Crippen LogP contribution in [0.3, 0.4) is 0 Å². The summed E-state index contributed by atoms with van der Waals surface area (Å²) in [6, 6.07) is 6.21. The third-order valence-corrected chi connectivity index (χ3v) is 3.36. The maximum absolute atomic E-state index is 5.85. The van der Waals surface area contributed by atoms with Crippen LogP contribution in [0.2, 0.25) is 0 Å². The van der Waals surface area contributed by atoms with E-state index < -0.39 is 0 Å². The number of aromatic nitrogens is 2. The summed E-state index contributed by atoms with van der Waals surface area (Å²) in [4.78, 5) is 0. The highest BCUT2D eigenvalue weighted by atomic mass is 79.9. The largest absolute Gasteiger partial charge is 0.324 e. The van der Waals surface area contributed by atoms with Gasteiger partial charge in [0.05, 0.1) is 5.52 Å². The molecular weight excluding hydrogens is 254 g/mol. The summed E-state index contributed by atoms with van der Waals surface area (Å²) in [5.74, 6) is 0. The number of rotatable bonds is 2. The van der Waals surface area contributed by atoms with Gasteiger partial charge in [0.15, 0.2) is 0 Å². The number of hydrogen-bond acceptors (Lipinski definition) is 2. The fourth-order valence-corrected chi connectivity index (χ4v) is 2.26. The SMILES string of the molecule is CCn1nc2ccc(C(C)N)cc2c1Br. The Morgan fingerprint density at radius 2 is 2.27 bits per heavy atom. The quantitative estimate of drug-likeness (QED) is 0.910. The van der Waals surface area contributed by atoms with E-state index in [2.05, 4.69) is 34.0 Å². The summed E-state index contributed by atoms with van der Waals surface area (Å²) < 4.78 is 2.97. The first-order valence-electron chi connectivity index (χ1n) is 5.05. The number of benzene rings is 1. The molecule has 0 spiro atoms. The molecule has 2 rings (SSSR count). The molecule has 0 saturated carbocycles. The number of nitrogens with zero attached hydrogens (tertiary/aromatic N) is 2. The van der Waals surface area contributed by atoms with Crippen LogP contribution >= 0.6 is 15.9 Å². The van der Waals surface area contributed by atoms with Gasteiger partial charge >= 0.3 is 0 Å².